The number of rotatable bonds is 4. The van der Waals surface area contributed by atoms with Crippen LogP contribution in [0.25, 0.3) is 0 Å². The largest absolute Gasteiger partial charge is 0.366 e. The van der Waals surface area contributed by atoms with Gasteiger partial charge in [-0.3, -0.25) is 4.79 Å². The minimum absolute atomic E-state index is 0. The highest BCUT2D eigenvalue weighted by molar-refractivity contribution is 5.85. The van der Waals surface area contributed by atoms with E-state index in [0.717, 1.165) is 17.7 Å². The summed E-state index contributed by atoms with van der Waals surface area (Å²) in [5.74, 6) is -0.320. The van der Waals surface area contributed by atoms with Crippen molar-refractivity contribution in [3.05, 3.63) is 35.1 Å². The van der Waals surface area contributed by atoms with Gasteiger partial charge in [0.1, 0.15) is 11.9 Å². The second-order valence-electron chi connectivity index (χ2n) is 4.68. The molecule has 1 aliphatic heterocycles. The van der Waals surface area contributed by atoms with E-state index in [-0.39, 0.29) is 24.1 Å². The molecule has 2 N–H and O–H groups in total. The smallest absolute Gasteiger partial charge is 0.250 e. The van der Waals surface area contributed by atoms with Gasteiger partial charge in [0, 0.05) is 19.6 Å². The molecule has 0 bridgehead atoms. The van der Waals surface area contributed by atoms with Crippen LogP contribution in [0.15, 0.2) is 18.2 Å². The van der Waals surface area contributed by atoms with Crippen molar-refractivity contribution >= 4 is 18.3 Å². The van der Waals surface area contributed by atoms with E-state index in [9.17, 15) is 9.18 Å². The number of halogens is 2. The average Bonchev–Trinajstić information content (AvgIpc) is 2.42. The number of hydrogen-bond donors (Lipinski definition) is 2. The summed E-state index contributed by atoms with van der Waals surface area (Å²) in [6.45, 7) is 4.31. The van der Waals surface area contributed by atoms with Gasteiger partial charge in [0.15, 0.2) is 0 Å². The number of morpholine rings is 1. The molecule has 0 saturated carbocycles. The Morgan fingerprint density at radius 3 is 3.00 bits per heavy atom. The number of aryl methyl sites for hydroxylation is 1. The molecule has 0 radical (unpaired) electrons. The molecule has 1 heterocycles. The zero-order valence-electron chi connectivity index (χ0n) is 11.4. The second-order valence-corrected chi connectivity index (χ2v) is 4.68. The Hall–Kier alpha value is -1.17. The number of carbonyl (C=O) groups is 1. The Bertz CT molecular complexity index is 451. The topological polar surface area (TPSA) is 50.4 Å². The summed E-state index contributed by atoms with van der Waals surface area (Å²) in [6.07, 6.45) is 0.293. The van der Waals surface area contributed by atoms with E-state index in [0.29, 0.717) is 26.1 Å². The van der Waals surface area contributed by atoms with Gasteiger partial charge < -0.3 is 15.4 Å². The summed E-state index contributed by atoms with van der Waals surface area (Å²) in [4.78, 5) is 11.8. The number of nitrogens with one attached hydrogen (secondary N) is 2. The molecule has 1 aromatic carbocycles. The lowest BCUT2D eigenvalue weighted by Gasteiger charge is -2.22. The van der Waals surface area contributed by atoms with Crippen LogP contribution < -0.4 is 10.6 Å². The predicted octanol–water partition coefficient (Wildman–Crippen LogP) is 1.20. The molecule has 1 amide bonds. The summed E-state index contributed by atoms with van der Waals surface area (Å²) < 4.78 is 18.3. The first-order valence-corrected chi connectivity index (χ1v) is 6.52. The SMILES string of the molecule is Cc1cc(F)ccc1CCNC(=O)C1CNCCO1.Cl. The molecular formula is C14H20ClFN2O2. The van der Waals surface area contributed by atoms with Gasteiger partial charge in [0.05, 0.1) is 6.61 Å². The number of hydrogen-bond acceptors (Lipinski definition) is 3. The first-order valence-electron chi connectivity index (χ1n) is 6.52. The van der Waals surface area contributed by atoms with Crippen molar-refractivity contribution in [2.24, 2.45) is 0 Å². The first kappa shape index (κ1) is 16.9. The third-order valence-electron chi connectivity index (χ3n) is 3.22. The maximum atomic E-state index is 12.9. The van der Waals surface area contributed by atoms with E-state index in [1.807, 2.05) is 6.92 Å². The molecule has 0 aromatic heterocycles. The van der Waals surface area contributed by atoms with E-state index in [4.69, 9.17) is 4.74 Å². The third-order valence-corrected chi connectivity index (χ3v) is 3.22. The van der Waals surface area contributed by atoms with Crippen LogP contribution >= 0.6 is 12.4 Å². The molecule has 1 saturated heterocycles. The van der Waals surface area contributed by atoms with Crippen molar-refractivity contribution in [2.45, 2.75) is 19.4 Å². The van der Waals surface area contributed by atoms with Crippen LogP contribution in [-0.4, -0.2) is 38.3 Å². The molecule has 20 heavy (non-hydrogen) atoms. The maximum absolute atomic E-state index is 12.9. The molecule has 0 spiro atoms. The number of ether oxygens (including phenoxy) is 1. The minimum atomic E-state index is -0.400. The van der Waals surface area contributed by atoms with Gasteiger partial charge in [-0.1, -0.05) is 6.07 Å². The van der Waals surface area contributed by atoms with E-state index < -0.39 is 6.10 Å². The standard InChI is InChI=1S/C14H19FN2O2.ClH/c1-10-8-12(15)3-2-11(10)4-5-17-14(18)13-9-16-6-7-19-13;/h2-3,8,13,16H,4-7,9H2,1H3,(H,17,18);1H. The van der Waals surface area contributed by atoms with Crippen LogP contribution in [-0.2, 0) is 16.0 Å². The Morgan fingerprint density at radius 2 is 2.35 bits per heavy atom. The van der Waals surface area contributed by atoms with Gasteiger partial charge >= 0.3 is 0 Å². The summed E-state index contributed by atoms with van der Waals surface area (Å²) >= 11 is 0. The highest BCUT2D eigenvalue weighted by atomic mass is 35.5. The molecule has 1 fully saturated rings. The number of amides is 1. The van der Waals surface area contributed by atoms with Crippen molar-refractivity contribution in [3.63, 3.8) is 0 Å². The Kier molecular flexibility index (Phi) is 6.91. The molecule has 1 atom stereocenters. The lowest BCUT2D eigenvalue weighted by molar-refractivity contribution is -0.134. The van der Waals surface area contributed by atoms with Crippen molar-refractivity contribution in [1.82, 2.24) is 10.6 Å². The van der Waals surface area contributed by atoms with Gasteiger partial charge in [0.2, 0.25) is 5.91 Å². The molecule has 0 aliphatic carbocycles. The monoisotopic (exact) mass is 302 g/mol. The fourth-order valence-corrected chi connectivity index (χ4v) is 2.11. The molecule has 6 heteroatoms. The summed E-state index contributed by atoms with van der Waals surface area (Å²) in [5, 5.41) is 5.96. The molecule has 1 aliphatic rings. The molecule has 4 nitrogen and oxygen atoms in total. The van der Waals surface area contributed by atoms with Gasteiger partial charge in [-0.2, -0.15) is 0 Å². The van der Waals surface area contributed by atoms with Crippen molar-refractivity contribution in [2.75, 3.05) is 26.2 Å². The first-order chi connectivity index (χ1) is 9.16. The van der Waals surface area contributed by atoms with Gasteiger partial charge in [-0.25, -0.2) is 4.39 Å². The van der Waals surface area contributed by atoms with E-state index in [1.165, 1.54) is 12.1 Å². The summed E-state index contributed by atoms with van der Waals surface area (Å²) in [7, 11) is 0. The number of benzene rings is 1. The van der Waals surface area contributed by atoms with Crippen LogP contribution in [0.5, 0.6) is 0 Å². The van der Waals surface area contributed by atoms with E-state index >= 15 is 0 Å². The maximum Gasteiger partial charge on any atom is 0.250 e. The zero-order valence-corrected chi connectivity index (χ0v) is 12.3. The molecular weight excluding hydrogens is 283 g/mol. The molecule has 1 unspecified atom stereocenters. The fraction of sp³-hybridized carbons (Fsp3) is 0.500. The van der Waals surface area contributed by atoms with Gasteiger partial charge in [0.25, 0.3) is 0 Å². The third kappa shape index (κ3) is 4.74. The van der Waals surface area contributed by atoms with Crippen molar-refractivity contribution in [3.8, 4) is 0 Å². The van der Waals surface area contributed by atoms with E-state index in [2.05, 4.69) is 10.6 Å². The Morgan fingerprint density at radius 1 is 1.55 bits per heavy atom. The highest BCUT2D eigenvalue weighted by Gasteiger charge is 2.20. The van der Waals surface area contributed by atoms with Crippen molar-refractivity contribution < 1.29 is 13.9 Å². The minimum Gasteiger partial charge on any atom is -0.366 e. The normalized spacial score (nSPS) is 18.2. The fourth-order valence-electron chi connectivity index (χ4n) is 2.11. The average molecular weight is 303 g/mol. The van der Waals surface area contributed by atoms with E-state index in [1.54, 1.807) is 6.07 Å². The predicted molar refractivity (Wildman–Crippen MR) is 77.7 cm³/mol. The van der Waals surface area contributed by atoms with Crippen LogP contribution in [0.4, 0.5) is 4.39 Å². The lowest BCUT2D eigenvalue weighted by atomic mass is 10.1. The number of carbonyl (C=O) groups excluding carboxylic acids is 1. The Balaban J connectivity index is 0.00000200. The second kappa shape index (κ2) is 8.19. The Labute approximate surface area is 124 Å². The highest BCUT2D eigenvalue weighted by Crippen LogP contribution is 2.10. The zero-order chi connectivity index (χ0) is 13.7. The lowest BCUT2D eigenvalue weighted by Crippen LogP contribution is -2.48. The van der Waals surface area contributed by atoms with Crippen LogP contribution in [0.3, 0.4) is 0 Å². The van der Waals surface area contributed by atoms with Crippen LogP contribution in [0, 0.1) is 12.7 Å². The molecule has 2 rings (SSSR count). The van der Waals surface area contributed by atoms with Gasteiger partial charge in [-0.05, 0) is 36.6 Å². The summed E-state index contributed by atoms with van der Waals surface area (Å²) in [6, 6.07) is 4.71. The van der Waals surface area contributed by atoms with Crippen LogP contribution in [0.2, 0.25) is 0 Å². The molecule has 112 valence electrons. The quantitative estimate of drug-likeness (QED) is 0.879. The molecule has 1 aromatic rings. The van der Waals surface area contributed by atoms with Gasteiger partial charge in [-0.15, -0.1) is 12.4 Å². The van der Waals surface area contributed by atoms with Crippen LogP contribution in [0.1, 0.15) is 11.1 Å². The van der Waals surface area contributed by atoms with Crippen molar-refractivity contribution in [1.29, 1.82) is 0 Å². The summed E-state index contributed by atoms with van der Waals surface area (Å²) in [5.41, 5.74) is 1.95.